The minimum atomic E-state index is -4.35. The Labute approximate surface area is 106 Å². The molecule has 0 amide bonds. The van der Waals surface area contributed by atoms with E-state index in [1.807, 2.05) is 13.8 Å². The molecule has 2 N–H and O–H groups in total. The fourth-order valence-electron chi connectivity index (χ4n) is 1.93. The molecule has 0 fully saturated rings. The van der Waals surface area contributed by atoms with E-state index < -0.39 is 11.7 Å². The third kappa shape index (κ3) is 3.38. The van der Waals surface area contributed by atoms with Crippen molar-refractivity contribution in [1.82, 2.24) is 0 Å². The molecule has 0 atom stereocenters. The molecular formula is C13H19F3N2. The lowest BCUT2D eigenvalue weighted by molar-refractivity contribution is -0.137. The first-order valence-corrected chi connectivity index (χ1v) is 6.09. The average molecular weight is 260 g/mol. The number of hydrogen-bond donors (Lipinski definition) is 1. The molecule has 18 heavy (non-hydrogen) atoms. The first kappa shape index (κ1) is 14.8. The summed E-state index contributed by atoms with van der Waals surface area (Å²) < 4.78 is 39.1. The van der Waals surface area contributed by atoms with Gasteiger partial charge in [0.15, 0.2) is 0 Å². The Hall–Kier alpha value is -1.23. The molecule has 1 rings (SSSR count). The lowest BCUT2D eigenvalue weighted by Crippen LogP contribution is -2.26. The SMILES string of the molecule is CCCN(CC)c1ccc(CN)cc1C(F)(F)F. The van der Waals surface area contributed by atoms with Gasteiger partial charge in [-0.3, -0.25) is 0 Å². The summed E-state index contributed by atoms with van der Waals surface area (Å²) in [5, 5.41) is 0. The van der Waals surface area contributed by atoms with Crippen LogP contribution in [0.5, 0.6) is 0 Å². The van der Waals surface area contributed by atoms with Gasteiger partial charge in [-0.2, -0.15) is 13.2 Å². The normalized spacial score (nSPS) is 11.7. The van der Waals surface area contributed by atoms with Gasteiger partial charge >= 0.3 is 6.18 Å². The van der Waals surface area contributed by atoms with Crippen molar-refractivity contribution in [3.05, 3.63) is 29.3 Å². The highest BCUT2D eigenvalue weighted by Crippen LogP contribution is 2.37. The van der Waals surface area contributed by atoms with Crippen LogP contribution in [0.2, 0.25) is 0 Å². The molecule has 5 heteroatoms. The number of rotatable bonds is 5. The molecule has 0 aliphatic rings. The Bertz CT molecular complexity index is 388. The molecule has 0 aromatic heterocycles. The van der Waals surface area contributed by atoms with E-state index >= 15 is 0 Å². The third-order valence-corrected chi connectivity index (χ3v) is 2.82. The van der Waals surface area contributed by atoms with Gasteiger partial charge in [0.25, 0.3) is 0 Å². The minimum absolute atomic E-state index is 0.114. The summed E-state index contributed by atoms with van der Waals surface area (Å²) in [5.74, 6) is 0. The number of nitrogens with two attached hydrogens (primary N) is 1. The zero-order valence-corrected chi connectivity index (χ0v) is 10.7. The molecule has 1 aromatic rings. The Balaban J connectivity index is 3.25. The quantitative estimate of drug-likeness (QED) is 0.879. The molecule has 0 heterocycles. The van der Waals surface area contributed by atoms with Crippen molar-refractivity contribution in [3.63, 3.8) is 0 Å². The third-order valence-electron chi connectivity index (χ3n) is 2.82. The lowest BCUT2D eigenvalue weighted by atomic mass is 10.1. The number of alkyl halides is 3. The van der Waals surface area contributed by atoms with Gasteiger partial charge in [0.1, 0.15) is 0 Å². The van der Waals surface area contributed by atoms with Crippen molar-refractivity contribution in [1.29, 1.82) is 0 Å². The highest BCUT2D eigenvalue weighted by molar-refractivity contribution is 5.56. The number of halogens is 3. The molecule has 0 spiro atoms. The van der Waals surface area contributed by atoms with Crippen molar-refractivity contribution < 1.29 is 13.2 Å². The van der Waals surface area contributed by atoms with E-state index in [4.69, 9.17) is 5.73 Å². The number of benzene rings is 1. The van der Waals surface area contributed by atoms with Crippen LogP contribution in [0.15, 0.2) is 18.2 Å². The summed E-state index contributed by atoms with van der Waals surface area (Å²) in [4.78, 5) is 1.74. The molecule has 0 aliphatic carbocycles. The monoisotopic (exact) mass is 260 g/mol. The molecule has 0 unspecified atom stereocenters. The first-order valence-electron chi connectivity index (χ1n) is 6.09. The van der Waals surface area contributed by atoms with E-state index in [2.05, 4.69) is 0 Å². The van der Waals surface area contributed by atoms with E-state index in [1.54, 1.807) is 11.0 Å². The van der Waals surface area contributed by atoms with Crippen LogP contribution in [0.3, 0.4) is 0 Å². The maximum absolute atomic E-state index is 13.0. The Morgan fingerprint density at radius 3 is 2.33 bits per heavy atom. The summed E-state index contributed by atoms with van der Waals surface area (Å²) in [6.45, 7) is 5.08. The maximum Gasteiger partial charge on any atom is 0.418 e. The summed E-state index contributed by atoms with van der Waals surface area (Å²) in [6, 6.07) is 4.32. The fraction of sp³-hybridized carbons (Fsp3) is 0.538. The highest BCUT2D eigenvalue weighted by atomic mass is 19.4. The minimum Gasteiger partial charge on any atom is -0.371 e. The maximum atomic E-state index is 13.0. The van der Waals surface area contributed by atoms with E-state index in [1.165, 1.54) is 6.07 Å². The van der Waals surface area contributed by atoms with Crippen LogP contribution in [0.4, 0.5) is 18.9 Å². The van der Waals surface area contributed by atoms with Gasteiger partial charge in [0.05, 0.1) is 5.56 Å². The summed E-state index contributed by atoms with van der Waals surface area (Å²) >= 11 is 0. The van der Waals surface area contributed by atoms with E-state index in [0.717, 1.165) is 12.5 Å². The molecule has 0 aliphatic heterocycles. The van der Waals surface area contributed by atoms with Gasteiger partial charge in [-0.05, 0) is 31.0 Å². The van der Waals surface area contributed by atoms with Crippen LogP contribution in [0, 0.1) is 0 Å². The molecule has 0 bridgehead atoms. The van der Waals surface area contributed by atoms with Crippen molar-refractivity contribution >= 4 is 5.69 Å². The predicted octanol–water partition coefficient (Wildman–Crippen LogP) is 3.40. The van der Waals surface area contributed by atoms with Crippen molar-refractivity contribution in [2.75, 3.05) is 18.0 Å². The Kier molecular flexibility index (Phi) is 5.02. The van der Waals surface area contributed by atoms with Crippen LogP contribution in [0.25, 0.3) is 0 Å². The fourth-order valence-corrected chi connectivity index (χ4v) is 1.93. The van der Waals surface area contributed by atoms with E-state index in [9.17, 15) is 13.2 Å². The first-order chi connectivity index (χ1) is 8.43. The van der Waals surface area contributed by atoms with Gasteiger partial charge in [-0.25, -0.2) is 0 Å². The summed E-state index contributed by atoms with van der Waals surface area (Å²) in [5.41, 5.74) is 5.54. The number of anilines is 1. The van der Waals surface area contributed by atoms with Crippen LogP contribution in [0.1, 0.15) is 31.4 Å². The second-order valence-electron chi connectivity index (χ2n) is 4.13. The lowest BCUT2D eigenvalue weighted by Gasteiger charge is -2.26. The van der Waals surface area contributed by atoms with Crippen LogP contribution >= 0.6 is 0 Å². The topological polar surface area (TPSA) is 29.3 Å². The van der Waals surface area contributed by atoms with Gasteiger partial charge < -0.3 is 10.6 Å². The van der Waals surface area contributed by atoms with E-state index in [0.29, 0.717) is 18.7 Å². The largest absolute Gasteiger partial charge is 0.418 e. The van der Waals surface area contributed by atoms with Gasteiger partial charge in [-0.1, -0.05) is 13.0 Å². The Morgan fingerprint density at radius 2 is 1.89 bits per heavy atom. The molecule has 0 radical (unpaired) electrons. The molecule has 102 valence electrons. The van der Waals surface area contributed by atoms with Crippen molar-refractivity contribution in [3.8, 4) is 0 Å². The van der Waals surface area contributed by atoms with Gasteiger partial charge in [0, 0.05) is 25.3 Å². The highest BCUT2D eigenvalue weighted by Gasteiger charge is 2.34. The van der Waals surface area contributed by atoms with E-state index in [-0.39, 0.29) is 12.2 Å². The second-order valence-corrected chi connectivity index (χ2v) is 4.13. The average Bonchev–Trinajstić information content (AvgIpc) is 2.34. The zero-order chi connectivity index (χ0) is 13.8. The Morgan fingerprint density at radius 1 is 1.22 bits per heavy atom. The van der Waals surface area contributed by atoms with Crippen molar-refractivity contribution in [2.45, 2.75) is 33.0 Å². The summed E-state index contributed by atoms with van der Waals surface area (Å²) in [6.07, 6.45) is -3.54. The molecule has 0 saturated heterocycles. The second kappa shape index (κ2) is 6.09. The predicted molar refractivity (Wildman–Crippen MR) is 67.5 cm³/mol. The van der Waals surface area contributed by atoms with Crippen LogP contribution in [-0.2, 0) is 12.7 Å². The molecular weight excluding hydrogens is 241 g/mol. The van der Waals surface area contributed by atoms with Gasteiger partial charge in [0.2, 0.25) is 0 Å². The standard InChI is InChI=1S/C13H19F3N2/c1-3-7-18(4-2)12-6-5-10(9-17)8-11(12)13(14,15)16/h5-6,8H,3-4,7,9,17H2,1-2H3. The zero-order valence-electron chi connectivity index (χ0n) is 10.7. The smallest absolute Gasteiger partial charge is 0.371 e. The van der Waals surface area contributed by atoms with Crippen LogP contribution < -0.4 is 10.6 Å². The molecule has 2 nitrogen and oxygen atoms in total. The number of hydrogen-bond acceptors (Lipinski definition) is 2. The van der Waals surface area contributed by atoms with Crippen molar-refractivity contribution in [2.24, 2.45) is 5.73 Å². The molecule has 0 saturated carbocycles. The van der Waals surface area contributed by atoms with Crippen LogP contribution in [-0.4, -0.2) is 13.1 Å². The van der Waals surface area contributed by atoms with Gasteiger partial charge in [-0.15, -0.1) is 0 Å². The summed E-state index contributed by atoms with van der Waals surface area (Å²) in [7, 11) is 0. The number of nitrogens with zero attached hydrogens (tertiary/aromatic N) is 1. The molecule has 1 aromatic carbocycles.